The minimum atomic E-state index is 0.498. The number of nitriles is 1. The fourth-order valence-corrected chi connectivity index (χ4v) is 2.10. The number of methoxy groups -OCH3 is 1. The van der Waals surface area contributed by atoms with Crippen LogP contribution in [0.3, 0.4) is 0 Å². The maximum atomic E-state index is 9.04. The summed E-state index contributed by atoms with van der Waals surface area (Å²) >= 11 is 0. The number of hydrogen-bond acceptors (Lipinski definition) is 4. The Morgan fingerprint density at radius 1 is 1.43 bits per heavy atom. The van der Waals surface area contributed by atoms with Crippen molar-refractivity contribution >= 4 is 11.8 Å². The minimum Gasteiger partial charge on any atom is -0.495 e. The van der Waals surface area contributed by atoms with Crippen LogP contribution in [0.1, 0.15) is 24.0 Å². The van der Waals surface area contributed by atoms with Gasteiger partial charge in [-0.3, -0.25) is 4.99 Å². The summed E-state index contributed by atoms with van der Waals surface area (Å²) in [6, 6.07) is 7.50. The van der Waals surface area contributed by atoms with Gasteiger partial charge in [0.25, 0.3) is 0 Å². The second-order valence-corrected chi connectivity index (χ2v) is 4.50. The first kappa shape index (κ1) is 14.6. The number of hydrogen-bond donors (Lipinski definition) is 1. The molecule has 2 N–H and O–H groups in total. The lowest BCUT2D eigenvalue weighted by Crippen LogP contribution is -1.96. The molecule has 0 atom stereocenters. The molecule has 1 aromatic carbocycles. The van der Waals surface area contributed by atoms with Crippen LogP contribution in [0.15, 0.2) is 53.3 Å². The highest BCUT2D eigenvalue weighted by Gasteiger charge is 2.10. The molecule has 0 bridgehead atoms. The molecule has 0 aromatic heterocycles. The first-order chi connectivity index (χ1) is 10.3. The van der Waals surface area contributed by atoms with Crippen molar-refractivity contribution in [2.24, 2.45) is 10.7 Å². The average Bonchev–Trinajstić information content (AvgIpc) is 2.49. The summed E-state index contributed by atoms with van der Waals surface area (Å²) < 4.78 is 5.25. The van der Waals surface area contributed by atoms with Gasteiger partial charge in [-0.15, -0.1) is 0 Å². The molecule has 106 valence electrons. The topological polar surface area (TPSA) is 71.4 Å². The van der Waals surface area contributed by atoms with Crippen LogP contribution in [0.5, 0.6) is 5.75 Å². The predicted octanol–water partition coefficient (Wildman–Crippen LogP) is 3.17. The maximum absolute atomic E-state index is 9.04. The summed E-state index contributed by atoms with van der Waals surface area (Å²) in [5.41, 5.74) is 8.97. The van der Waals surface area contributed by atoms with Gasteiger partial charge in [-0.1, -0.05) is 18.2 Å². The molecule has 0 saturated carbocycles. The molecule has 4 heteroatoms. The van der Waals surface area contributed by atoms with Crippen molar-refractivity contribution in [2.75, 3.05) is 7.11 Å². The number of benzene rings is 1. The molecule has 1 aliphatic heterocycles. The van der Waals surface area contributed by atoms with Gasteiger partial charge in [-0.05, 0) is 30.5 Å². The normalized spacial score (nSPS) is 18.9. The Morgan fingerprint density at radius 3 is 3.00 bits per heavy atom. The lowest BCUT2D eigenvalue weighted by Gasteiger charge is -2.11. The van der Waals surface area contributed by atoms with Crippen molar-refractivity contribution in [1.29, 1.82) is 5.26 Å². The highest BCUT2D eigenvalue weighted by Crippen LogP contribution is 2.29. The Morgan fingerprint density at radius 2 is 2.29 bits per heavy atom. The molecule has 0 spiro atoms. The first-order valence-corrected chi connectivity index (χ1v) is 6.69. The number of allylic oxidation sites excluding steroid dienone is 4. The third kappa shape index (κ3) is 3.40. The van der Waals surface area contributed by atoms with Crippen molar-refractivity contribution in [3.8, 4) is 11.8 Å². The summed E-state index contributed by atoms with van der Waals surface area (Å²) in [7, 11) is 1.55. The Balaban J connectivity index is 2.45. The second kappa shape index (κ2) is 7.11. The molecule has 1 aliphatic rings. The molecular weight excluding hydrogens is 262 g/mol. The highest BCUT2D eigenvalue weighted by atomic mass is 16.5. The van der Waals surface area contributed by atoms with Gasteiger partial charge in [-0.25, -0.2) is 0 Å². The number of nitrogens with zero attached hydrogens (tertiary/aromatic N) is 2. The Bertz CT molecular complexity index is 676. The van der Waals surface area contributed by atoms with Gasteiger partial charge < -0.3 is 10.5 Å². The number of nitrogens with two attached hydrogens (primary N) is 1. The predicted molar refractivity (Wildman–Crippen MR) is 84.8 cm³/mol. The maximum Gasteiger partial charge on any atom is 0.137 e. The molecule has 21 heavy (non-hydrogen) atoms. The zero-order chi connectivity index (χ0) is 15.1. The second-order valence-electron chi connectivity index (χ2n) is 4.50. The highest BCUT2D eigenvalue weighted by molar-refractivity contribution is 5.82. The number of aliphatic imine (C=N–C) groups is 1. The zero-order valence-electron chi connectivity index (χ0n) is 11.9. The largest absolute Gasteiger partial charge is 0.495 e. The standard InChI is InChI=1S/C17H17N3O/c1-21-17-9-13(6-7-14(17)10-18)16(11-19)15-5-3-2-4-8-20-12-15/h3,5-9,11-12H,2,4,19H2,1H3/b5-3-,15-12+,16-11-,20-8?. The number of rotatable bonds is 3. The van der Waals surface area contributed by atoms with Crippen LogP contribution in [-0.4, -0.2) is 13.3 Å². The van der Waals surface area contributed by atoms with Gasteiger partial charge in [0.2, 0.25) is 0 Å². The van der Waals surface area contributed by atoms with E-state index in [0.29, 0.717) is 11.3 Å². The summed E-state index contributed by atoms with van der Waals surface area (Å²) in [4.78, 5) is 4.26. The zero-order valence-corrected chi connectivity index (χ0v) is 11.9. The molecular formula is C17H17N3O. The molecule has 1 heterocycles. The van der Waals surface area contributed by atoms with E-state index in [1.165, 1.54) is 0 Å². The van der Waals surface area contributed by atoms with E-state index in [-0.39, 0.29) is 0 Å². The lowest BCUT2D eigenvalue weighted by molar-refractivity contribution is 0.413. The van der Waals surface area contributed by atoms with Crippen LogP contribution < -0.4 is 10.5 Å². The Kier molecular flexibility index (Phi) is 4.94. The molecule has 0 radical (unpaired) electrons. The van der Waals surface area contributed by atoms with Crippen molar-refractivity contribution in [3.05, 3.63) is 59.5 Å². The molecule has 4 nitrogen and oxygen atoms in total. The van der Waals surface area contributed by atoms with Crippen LogP contribution in [0.2, 0.25) is 0 Å². The molecule has 0 fully saturated rings. The molecule has 1 aromatic rings. The van der Waals surface area contributed by atoms with Crippen molar-refractivity contribution < 1.29 is 4.74 Å². The van der Waals surface area contributed by atoms with Crippen LogP contribution in [0, 0.1) is 11.3 Å². The van der Waals surface area contributed by atoms with Gasteiger partial charge >= 0.3 is 0 Å². The molecule has 0 amide bonds. The van der Waals surface area contributed by atoms with Crippen LogP contribution in [0.4, 0.5) is 0 Å². The van der Waals surface area contributed by atoms with E-state index < -0.39 is 0 Å². The van der Waals surface area contributed by atoms with Gasteiger partial charge in [0, 0.05) is 29.8 Å². The fourth-order valence-electron chi connectivity index (χ4n) is 2.10. The average molecular weight is 279 g/mol. The smallest absolute Gasteiger partial charge is 0.137 e. The van der Waals surface area contributed by atoms with Gasteiger partial charge in [0.15, 0.2) is 0 Å². The fraction of sp³-hybridized carbons (Fsp3) is 0.176. The lowest BCUT2D eigenvalue weighted by atomic mass is 9.97. The van der Waals surface area contributed by atoms with Crippen molar-refractivity contribution in [2.45, 2.75) is 12.8 Å². The third-order valence-corrected chi connectivity index (χ3v) is 3.19. The first-order valence-electron chi connectivity index (χ1n) is 6.69. The summed E-state index contributed by atoms with van der Waals surface area (Å²) in [5, 5.41) is 9.04. The van der Waals surface area contributed by atoms with E-state index in [0.717, 1.165) is 29.6 Å². The minimum absolute atomic E-state index is 0.498. The molecule has 0 unspecified atom stereocenters. The van der Waals surface area contributed by atoms with Crippen LogP contribution >= 0.6 is 0 Å². The van der Waals surface area contributed by atoms with Gasteiger partial charge in [-0.2, -0.15) is 5.26 Å². The van der Waals surface area contributed by atoms with E-state index >= 15 is 0 Å². The Hall–Kier alpha value is -2.80. The third-order valence-electron chi connectivity index (χ3n) is 3.19. The van der Waals surface area contributed by atoms with E-state index in [1.54, 1.807) is 25.6 Å². The van der Waals surface area contributed by atoms with Gasteiger partial charge in [0.05, 0.1) is 12.7 Å². The van der Waals surface area contributed by atoms with E-state index in [1.807, 2.05) is 24.4 Å². The quantitative estimate of drug-likeness (QED) is 0.923. The van der Waals surface area contributed by atoms with Crippen molar-refractivity contribution in [3.63, 3.8) is 0 Å². The van der Waals surface area contributed by atoms with Crippen LogP contribution in [0.25, 0.3) is 5.57 Å². The summed E-state index contributed by atoms with van der Waals surface area (Å²) in [5.74, 6) is 0.535. The van der Waals surface area contributed by atoms with Crippen LogP contribution in [-0.2, 0) is 0 Å². The van der Waals surface area contributed by atoms with E-state index in [9.17, 15) is 0 Å². The van der Waals surface area contributed by atoms with E-state index in [4.69, 9.17) is 15.7 Å². The van der Waals surface area contributed by atoms with Gasteiger partial charge in [0.1, 0.15) is 11.8 Å². The summed E-state index contributed by atoms with van der Waals surface area (Å²) in [6.07, 6.45) is 11.2. The SMILES string of the molecule is COc1cc(C(=C/N)/C2=C/N=CCC/C=C\2)ccc1C#N. The number of ether oxygens (including phenoxy) is 1. The molecule has 0 saturated heterocycles. The molecule has 0 aliphatic carbocycles. The Labute approximate surface area is 124 Å². The van der Waals surface area contributed by atoms with E-state index in [2.05, 4.69) is 17.1 Å². The molecule has 2 rings (SSSR count). The van der Waals surface area contributed by atoms with Crippen molar-refractivity contribution in [1.82, 2.24) is 0 Å². The monoisotopic (exact) mass is 279 g/mol. The summed E-state index contributed by atoms with van der Waals surface area (Å²) in [6.45, 7) is 0.